The van der Waals surface area contributed by atoms with Gasteiger partial charge in [0.05, 0.1) is 13.7 Å². The average molecular weight is 285 g/mol. The molecule has 1 heterocycles. The lowest BCUT2D eigenvalue weighted by atomic mass is 10.2. The van der Waals surface area contributed by atoms with E-state index in [-0.39, 0.29) is 5.69 Å². The minimum Gasteiger partial charge on any atom is -0.481 e. The van der Waals surface area contributed by atoms with Crippen molar-refractivity contribution < 1.29 is 9.53 Å². The maximum Gasteiger partial charge on any atom is 0.272 e. The van der Waals surface area contributed by atoms with Gasteiger partial charge in [0.1, 0.15) is 5.69 Å². The average Bonchev–Trinajstić information content (AvgIpc) is 2.75. The number of methoxy groups -OCH3 is 1. The van der Waals surface area contributed by atoms with Crippen LogP contribution in [0.25, 0.3) is 0 Å². The zero-order valence-corrected chi connectivity index (χ0v) is 11.1. The van der Waals surface area contributed by atoms with Crippen molar-refractivity contribution in [2.45, 2.75) is 6.54 Å². The van der Waals surface area contributed by atoms with Crippen LogP contribution in [-0.2, 0) is 6.54 Å². The second kappa shape index (κ2) is 5.42. The van der Waals surface area contributed by atoms with E-state index in [4.69, 9.17) is 27.9 Å². The second-order valence-electron chi connectivity index (χ2n) is 3.63. The highest BCUT2D eigenvalue weighted by Crippen LogP contribution is 2.17. The molecule has 0 fully saturated rings. The summed E-state index contributed by atoms with van der Waals surface area (Å²) in [6.07, 6.45) is 0. The van der Waals surface area contributed by atoms with Crippen LogP contribution in [0.15, 0.2) is 30.3 Å². The molecule has 0 radical (unpaired) electrons. The molecule has 0 bridgehead atoms. The number of carbonyl (C=O) groups excluding carboxylic acids is 1. The minimum atomic E-state index is -0.608. The summed E-state index contributed by atoms with van der Waals surface area (Å²) in [6, 6.07) is 8.85. The molecule has 0 N–H and O–H groups in total. The lowest BCUT2D eigenvalue weighted by Gasteiger charge is -2.05. The topological polar surface area (TPSA) is 44.1 Å². The van der Waals surface area contributed by atoms with Gasteiger partial charge in [-0.05, 0) is 29.3 Å². The zero-order valence-electron chi connectivity index (χ0n) is 9.56. The molecule has 1 aromatic heterocycles. The smallest absolute Gasteiger partial charge is 0.272 e. The molecule has 0 amide bonds. The lowest BCUT2D eigenvalue weighted by Crippen LogP contribution is -2.05. The number of nitrogens with zero attached hydrogens (tertiary/aromatic N) is 2. The summed E-state index contributed by atoms with van der Waals surface area (Å²) in [5.74, 6) is 0.481. The van der Waals surface area contributed by atoms with Crippen molar-refractivity contribution in [3.05, 3.63) is 46.6 Å². The summed E-state index contributed by atoms with van der Waals surface area (Å²) < 4.78 is 6.70. The Morgan fingerprint density at radius 2 is 2.06 bits per heavy atom. The van der Waals surface area contributed by atoms with E-state index in [1.54, 1.807) is 16.8 Å². The van der Waals surface area contributed by atoms with Crippen molar-refractivity contribution in [1.82, 2.24) is 9.78 Å². The van der Waals surface area contributed by atoms with Gasteiger partial charge < -0.3 is 4.74 Å². The van der Waals surface area contributed by atoms with Gasteiger partial charge >= 0.3 is 0 Å². The first-order valence-electron chi connectivity index (χ1n) is 5.16. The third-order valence-corrected chi connectivity index (χ3v) is 2.84. The van der Waals surface area contributed by atoms with E-state index >= 15 is 0 Å². The molecule has 0 saturated carbocycles. The first-order chi connectivity index (χ1) is 8.60. The Kier molecular flexibility index (Phi) is 3.89. The highest BCUT2D eigenvalue weighted by atomic mass is 35.5. The molecule has 0 atom stereocenters. The predicted molar refractivity (Wildman–Crippen MR) is 69.5 cm³/mol. The third-order valence-electron chi connectivity index (χ3n) is 2.40. The van der Waals surface area contributed by atoms with Crippen LogP contribution in [0.4, 0.5) is 0 Å². The quantitative estimate of drug-likeness (QED) is 0.811. The number of benzene rings is 1. The Hall–Kier alpha value is -1.52. The van der Waals surface area contributed by atoms with Gasteiger partial charge in [0.25, 0.3) is 5.24 Å². The van der Waals surface area contributed by atoms with E-state index in [1.165, 1.54) is 13.2 Å². The molecule has 2 aromatic rings. The van der Waals surface area contributed by atoms with Gasteiger partial charge in [0, 0.05) is 11.1 Å². The van der Waals surface area contributed by atoms with Crippen LogP contribution in [0.5, 0.6) is 5.88 Å². The molecule has 0 aliphatic rings. The first-order valence-corrected chi connectivity index (χ1v) is 5.92. The maximum atomic E-state index is 11.0. The number of carbonyl (C=O) groups is 1. The van der Waals surface area contributed by atoms with Crippen LogP contribution in [0.1, 0.15) is 16.1 Å². The number of halogens is 2. The molecular formula is C12H10Cl2N2O2. The predicted octanol–water partition coefficient (Wildman–Crippen LogP) is 2.97. The van der Waals surface area contributed by atoms with Crippen LogP contribution in [-0.4, -0.2) is 22.1 Å². The fourth-order valence-corrected chi connectivity index (χ4v) is 1.75. The molecule has 18 heavy (non-hydrogen) atoms. The first kappa shape index (κ1) is 12.9. The molecule has 2 rings (SSSR count). The van der Waals surface area contributed by atoms with E-state index in [0.717, 1.165) is 5.56 Å². The molecule has 0 aliphatic heterocycles. The molecule has 0 spiro atoms. The van der Waals surface area contributed by atoms with Crippen molar-refractivity contribution in [3.63, 3.8) is 0 Å². The normalized spacial score (nSPS) is 10.4. The number of aromatic nitrogens is 2. The summed E-state index contributed by atoms with van der Waals surface area (Å²) in [7, 11) is 1.51. The summed E-state index contributed by atoms with van der Waals surface area (Å²) in [6.45, 7) is 0.477. The Morgan fingerprint density at radius 3 is 2.61 bits per heavy atom. The van der Waals surface area contributed by atoms with Gasteiger partial charge in [-0.2, -0.15) is 5.10 Å². The molecule has 1 aromatic carbocycles. The fourth-order valence-electron chi connectivity index (χ4n) is 1.54. The van der Waals surface area contributed by atoms with E-state index in [0.29, 0.717) is 17.4 Å². The molecule has 94 valence electrons. The third kappa shape index (κ3) is 2.83. The maximum absolute atomic E-state index is 11.0. The van der Waals surface area contributed by atoms with Crippen molar-refractivity contribution in [3.8, 4) is 5.88 Å². The summed E-state index contributed by atoms with van der Waals surface area (Å²) >= 11 is 11.2. The van der Waals surface area contributed by atoms with Crippen molar-refractivity contribution in [2.75, 3.05) is 7.11 Å². The SMILES string of the molecule is COc1cc(C(=O)Cl)nn1Cc1ccc(Cl)cc1. The van der Waals surface area contributed by atoms with Crippen molar-refractivity contribution >= 4 is 28.4 Å². The highest BCUT2D eigenvalue weighted by Gasteiger charge is 2.13. The minimum absolute atomic E-state index is 0.169. The van der Waals surface area contributed by atoms with Gasteiger partial charge in [-0.1, -0.05) is 23.7 Å². The van der Waals surface area contributed by atoms with Gasteiger partial charge in [-0.25, -0.2) is 4.68 Å². The highest BCUT2D eigenvalue weighted by molar-refractivity contribution is 6.67. The molecule has 4 nitrogen and oxygen atoms in total. The van der Waals surface area contributed by atoms with Crippen LogP contribution in [0.2, 0.25) is 5.02 Å². The van der Waals surface area contributed by atoms with E-state index in [2.05, 4.69) is 5.10 Å². The fraction of sp³-hybridized carbons (Fsp3) is 0.167. The van der Waals surface area contributed by atoms with Gasteiger partial charge in [-0.3, -0.25) is 4.79 Å². The Bertz CT molecular complexity index is 564. The van der Waals surface area contributed by atoms with E-state index in [9.17, 15) is 4.79 Å². The summed E-state index contributed by atoms with van der Waals surface area (Å²) in [4.78, 5) is 11.0. The Labute approximate surface area is 114 Å². The Morgan fingerprint density at radius 1 is 1.39 bits per heavy atom. The zero-order chi connectivity index (χ0) is 13.1. The van der Waals surface area contributed by atoms with Crippen molar-refractivity contribution in [1.29, 1.82) is 0 Å². The molecule has 6 heteroatoms. The molecule has 0 saturated heterocycles. The van der Waals surface area contributed by atoms with Gasteiger partial charge in [0.2, 0.25) is 5.88 Å². The van der Waals surface area contributed by atoms with E-state index in [1.807, 2.05) is 12.1 Å². The monoisotopic (exact) mass is 284 g/mol. The number of hydrogen-bond acceptors (Lipinski definition) is 3. The summed E-state index contributed by atoms with van der Waals surface area (Å²) in [5, 5.41) is 4.14. The summed E-state index contributed by atoms with van der Waals surface area (Å²) in [5.41, 5.74) is 1.16. The molecular weight excluding hydrogens is 275 g/mol. The van der Waals surface area contributed by atoms with Crippen LogP contribution in [0.3, 0.4) is 0 Å². The van der Waals surface area contributed by atoms with Gasteiger partial charge in [0.15, 0.2) is 0 Å². The van der Waals surface area contributed by atoms with Crippen LogP contribution in [0, 0.1) is 0 Å². The second-order valence-corrected chi connectivity index (χ2v) is 4.41. The largest absolute Gasteiger partial charge is 0.481 e. The Balaban J connectivity index is 2.27. The molecule has 0 unspecified atom stereocenters. The van der Waals surface area contributed by atoms with E-state index < -0.39 is 5.24 Å². The van der Waals surface area contributed by atoms with Crippen molar-refractivity contribution in [2.24, 2.45) is 0 Å². The molecule has 0 aliphatic carbocycles. The number of hydrogen-bond donors (Lipinski definition) is 0. The number of ether oxygens (including phenoxy) is 1. The van der Waals surface area contributed by atoms with Crippen LogP contribution < -0.4 is 4.74 Å². The van der Waals surface area contributed by atoms with Crippen LogP contribution >= 0.6 is 23.2 Å². The van der Waals surface area contributed by atoms with Gasteiger partial charge in [-0.15, -0.1) is 0 Å². The standard InChI is InChI=1S/C12H10Cl2N2O2/c1-18-11-6-10(12(14)17)15-16(11)7-8-2-4-9(13)5-3-8/h2-6H,7H2,1H3. The lowest BCUT2D eigenvalue weighted by molar-refractivity contribution is 0.107. The number of rotatable bonds is 4.